The Morgan fingerprint density at radius 2 is 1.94 bits per heavy atom. The fourth-order valence-corrected chi connectivity index (χ4v) is 4.67. The van der Waals surface area contributed by atoms with Crippen LogP contribution in [0.25, 0.3) is 20.7 Å². The number of hydrogen-bond acceptors (Lipinski definition) is 5. The van der Waals surface area contributed by atoms with Gasteiger partial charge in [0.2, 0.25) is 5.91 Å². The third-order valence-corrected chi connectivity index (χ3v) is 6.91. The lowest BCUT2D eigenvalue weighted by Gasteiger charge is -2.18. The number of hydrogen-bond donors (Lipinski definition) is 0. The molecule has 0 aliphatic rings. The first kappa shape index (κ1) is 21.3. The molecule has 1 amide bonds. The molecule has 158 valence electrons. The Hall–Kier alpha value is -2.97. The number of benzene rings is 2. The van der Waals surface area contributed by atoms with E-state index in [4.69, 9.17) is 4.74 Å². The van der Waals surface area contributed by atoms with Gasteiger partial charge in [0.1, 0.15) is 17.0 Å². The van der Waals surface area contributed by atoms with E-state index in [1.807, 2.05) is 54.6 Å². The van der Waals surface area contributed by atoms with Crippen LogP contribution in [0.3, 0.4) is 0 Å². The monoisotopic (exact) mass is 497 g/mol. The van der Waals surface area contributed by atoms with E-state index in [0.29, 0.717) is 16.8 Å². The third kappa shape index (κ3) is 4.55. The summed E-state index contributed by atoms with van der Waals surface area (Å²) >= 11 is 4.88. The normalized spacial score (nSPS) is 10.9. The zero-order valence-corrected chi connectivity index (χ0v) is 19.4. The Kier molecular flexibility index (Phi) is 6.20. The number of rotatable bonds is 6. The molecule has 2 aromatic carbocycles. The van der Waals surface area contributed by atoms with Gasteiger partial charge in [-0.25, -0.2) is 4.98 Å². The predicted octanol–water partition coefficient (Wildman–Crippen LogP) is 4.55. The molecule has 8 heteroatoms. The maximum atomic E-state index is 13.0. The molecule has 4 rings (SSSR count). The van der Waals surface area contributed by atoms with E-state index in [1.54, 1.807) is 19.1 Å². The number of carbonyl (C=O) groups excluding carboxylic acids is 1. The first-order valence-electron chi connectivity index (χ1n) is 9.57. The number of fused-ring (bicyclic) bond motifs is 1. The van der Waals surface area contributed by atoms with Gasteiger partial charge in [0, 0.05) is 22.9 Å². The Morgan fingerprint density at radius 1 is 1.19 bits per heavy atom. The number of nitrogens with zero attached hydrogens (tertiary/aromatic N) is 3. The first-order chi connectivity index (χ1) is 15.0. The van der Waals surface area contributed by atoms with Crippen LogP contribution in [0, 0.1) is 0 Å². The molecule has 2 heterocycles. The fraction of sp³-hybridized carbons (Fsp3) is 0.174. The summed E-state index contributed by atoms with van der Waals surface area (Å²) in [6.07, 6.45) is 1.44. The van der Waals surface area contributed by atoms with Crippen LogP contribution in [-0.4, -0.2) is 34.5 Å². The maximum Gasteiger partial charge on any atom is 0.271 e. The lowest BCUT2D eigenvalue weighted by atomic mass is 10.2. The van der Waals surface area contributed by atoms with Gasteiger partial charge in [-0.05, 0) is 47.5 Å². The van der Waals surface area contributed by atoms with E-state index in [1.165, 1.54) is 22.2 Å². The van der Waals surface area contributed by atoms with Crippen molar-refractivity contribution in [3.05, 3.63) is 81.3 Å². The van der Waals surface area contributed by atoms with Crippen molar-refractivity contribution in [2.45, 2.75) is 13.1 Å². The van der Waals surface area contributed by atoms with Crippen molar-refractivity contribution < 1.29 is 9.53 Å². The summed E-state index contributed by atoms with van der Waals surface area (Å²) in [7, 11) is 3.35. The molecule has 0 atom stereocenters. The average Bonchev–Trinajstić information content (AvgIpc) is 3.22. The largest absolute Gasteiger partial charge is 0.497 e. The maximum absolute atomic E-state index is 13.0. The Morgan fingerprint density at radius 3 is 2.65 bits per heavy atom. The number of ether oxygens (including phenoxy) is 1. The zero-order chi connectivity index (χ0) is 22.0. The quantitative estimate of drug-likeness (QED) is 0.391. The van der Waals surface area contributed by atoms with Crippen molar-refractivity contribution in [1.82, 2.24) is 14.5 Å². The van der Waals surface area contributed by atoms with Crippen LogP contribution in [0.15, 0.2) is 70.2 Å². The van der Waals surface area contributed by atoms with Gasteiger partial charge >= 0.3 is 0 Å². The van der Waals surface area contributed by atoms with Gasteiger partial charge in [0.05, 0.1) is 19.0 Å². The van der Waals surface area contributed by atoms with Gasteiger partial charge < -0.3 is 9.64 Å². The second-order valence-electron chi connectivity index (χ2n) is 7.07. The summed E-state index contributed by atoms with van der Waals surface area (Å²) in [5, 5.41) is 0. The van der Waals surface area contributed by atoms with E-state index in [9.17, 15) is 9.59 Å². The number of halogens is 1. The van der Waals surface area contributed by atoms with Crippen LogP contribution >= 0.6 is 27.3 Å². The second-order valence-corrected chi connectivity index (χ2v) is 8.98. The molecule has 0 bridgehead atoms. The van der Waals surface area contributed by atoms with Crippen LogP contribution in [-0.2, 0) is 17.9 Å². The molecule has 0 radical (unpaired) electrons. The molecule has 0 saturated carbocycles. The minimum Gasteiger partial charge on any atom is -0.497 e. The average molecular weight is 498 g/mol. The van der Waals surface area contributed by atoms with Crippen molar-refractivity contribution in [3.8, 4) is 16.2 Å². The Balaban J connectivity index is 1.55. The lowest BCUT2D eigenvalue weighted by molar-refractivity contribution is -0.131. The van der Waals surface area contributed by atoms with Gasteiger partial charge in [-0.1, -0.05) is 34.1 Å². The van der Waals surface area contributed by atoms with Gasteiger partial charge in [-0.3, -0.25) is 14.2 Å². The lowest BCUT2D eigenvalue weighted by Crippen LogP contribution is -2.33. The molecule has 6 nitrogen and oxygen atoms in total. The highest BCUT2D eigenvalue weighted by atomic mass is 79.9. The highest BCUT2D eigenvalue weighted by molar-refractivity contribution is 9.10. The van der Waals surface area contributed by atoms with Crippen molar-refractivity contribution in [1.29, 1.82) is 0 Å². The fourth-order valence-electron chi connectivity index (χ4n) is 3.19. The second kappa shape index (κ2) is 9.03. The summed E-state index contributed by atoms with van der Waals surface area (Å²) < 4.78 is 8.05. The molecule has 0 saturated heterocycles. The third-order valence-electron chi connectivity index (χ3n) is 4.98. The van der Waals surface area contributed by atoms with E-state index >= 15 is 0 Å². The molecule has 0 N–H and O–H groups in total. The molecule has 0 aliphatic carbocycles. The first-order valence-corrected chi connectivity index (χ1v) is 11.2. The van der Waals surface area contributed by atoms with Crippen LogP contribution in [0.2, 0.25) is 0 Å². The molecule has 0 spiro atoms. The van der Waals surface area contributed by atoms with E-state index in [2.05, 4.69) is 20.9 Å². The van der Waals surface area contributed by atoms with Gasteiger partial charge in [-0.15, -0.1) is 11.3 Å². The predicted molar refractivity (Wildman–Crippen MR) is 126 cm³/mol. The van der Waals surface area contributed by atoms with Crippen LogP contribution < -0.4 is 10.3 Å². The molecule has 0 aliphatic heterocycles. The van der Waals surface area contributed by atoms with Gasteiger partial charge in [0.15, 0.2) is 0 Å². The Bertz CT molecular complexity index is 1300. The number of amides is 1. The molecule has 4 aromatic rings. The summed E-state index contributed by atoms with van der Waals surface area (Å²) in [6.45, 7) is 0.393. The van der Waals surface area contributed by atoms with Crippen LogP contribution in [0.1, 0.15) is 5.56 Å². The summed E-state index contributed by atoms with van der Waals surface area (Å²) in [6, 6.07) is 17.3. The van der Waals surface area contributed by atoms with E-state index in [0.717, 1.165) is 26.2 Å². The number of methoxy groups -OCH3 is 1. The smallest absolute Gasteiger partial charge is 0.271 e. The molecule has 0 fully saturated rings. The van der Waals surface area contributed by atoms with Crippen molar-refractivity contribution in [2.75, 3.05) is 14.2 Å². The summed E-state index contributed by atoms with van der Waals surface area (Å²) in [5.41, 5.74) is 2.41. The van der Waals surface area contributed by atoms with Crippen LogP contribution in [0.5, 0.6) is 5.75 Å². The number of likely N-dealkylation sites (N-methyl/N-ethyl adjacent to an activating group) is 1. The van der Waals surface area contributed by atoms with Gasteiger partial charge in [0.25, 0.3) is 5.56 Å². The Labute approximate surface area is 191 Å². The van der Waals surface area contributed by atoms with Gasteiger partial charge in [-0.2, -0.15) is 0 Å². The molecule has 0 unspecified atom stereocenters. The molecular weight excluding hydrogens is 478 g/mol. The zero-order valence-electron chi connectivity index (χ0n) is 17.0. The van der Waals surface area contributed by atoms with Crippen molar-refractivity contribution in [2.24, 2.45) is 0 Å². The number of carbonyl (C=O) groups is 1. The highest BCUT2D eigenvalue weighted by Gasteiger charge is 2.15. The topological polar surface area (TPSA) is 64.4 Å². The standard InChI is InChI=1S/C23H20BrN3O3S/c1-26(12-16-5-3-4-6-18(16)24)21(28)13-27-14-25-19-11-20(31-22(19)23(27)29)15-7-9-17(30-2)10-8-15/h3-11,14H,12-13H2,1-2H3. The van der Waals surface area contributed by atoms with E-state index < -0.39 is 0 Å². The van der Waals surface area contributed by atoms with Crippen molar-refractivity contribution in [3.63, 3.8) is 0 Å². The molecule has 31 heavy (non-hydrogen) atoms. The summed E-state index contributed by atoms with van der Waals surface area (Å²) in [5.74, 6) is 0.612. The molecular formula is C23H20BrN3O3S. The minimum absolute atomic E-state index is 0.0570. The SMILES string of the molecule is COc1ccc(-c2cc3ncn(CC(=O)N(C)Cc4ccccc4Br)c(=O)c3s2)cc1. The minimum atomic E-state index is -0.211. The van der Waals surface area contributed by atoms with E-state index in [-0.39, 0.29) is 18.0 Å². The highest BCUT2D eigenvalue weighted by Crippen LogP contribution is 2.31. The number of aromatic nitrogens is 2. The summed E-state index contributed by atoms with van der Waals surface area (Å²) in [4.78, 5) is 32.6. The number of thiophene rings is 1. The van der Waals surface area contributed by atoms with Crippen LogP contribution in [0.4, 0.5) is 0 Å². The van der Waals surface area contributed by atoms with Crippen molar-refractivity contribution >= 4 is 43.4 Å². The molecule has 2 aromatic heterocycles.